The predicted octanol–water partition coefficient (Wildman–Crippen LogP) is 3.89. The largest absolute Gasteiger partial charge is 0.348 e. The third-order valence-electron chi connectivity index (χ3n) is 4.07. The molecule has 1 heterocycles. The maximum Gasteiger partial charge on any atom is 0.251 e. The minimum absolute atomic E-state index is 0.0333. The van der Waals surface area contributed by atoms with Crippen LogP contribution in [0.5, 0.6) is 0 Å². The molecule has 0 aliphatic carbocycles. The first-order chi connectivity index (χ1) is 12.2. The third-order valence-corrected chi connectivity index (χ3v) is 4.79. The van der Waals surface area contributed by atoms with E-state index in [-0.39, 0.29) is 5.91 Å². The highest BCUT2D eigenvalue weighted by Crippen LogP contribution is 2.19. The lowest BCUT2D eigenvalue weighted by Gasteiger charge is -2.10. The zero-order valence-electron chi connectivity index (χ0n) is 14.4. The van der Waals surface area contributed by atoms with Crippen LogP contribution in [0, 0.1) is 6.92 Å². The fourth-order valence-electron chi connectivity index (χ4n) is 2.59. The monoisotopic (exact) mass is 351 g/mol. The van der Waals surface area contributed by atoms with Gasteiger partial charge in [-0.1, -0.05) is 30.3 Å². The summed E-state index contributed by atoms with van der Waals surface area (Å²) in [7, 11) is 0. The first-order valence-electron chi connectivity index (χ1n) is 8.14. The first-order valence-corrected chi connectivity index (χ1v) is 9.36. The van der Waals surface area contributed by atoms with E-state index in [9.17, 15) is 4.79 Å². The van der Waals surface area contributed by atoms with Crippen molar-refractivity contribution in [2.24, 2.45) is 0 Å². The Bertz CT molecular complexity index is 842. The molecule has 1 N–H and O–H groups in total. The van der Waals surface area contributed by atoms with E-state index in [1.807, 2.05) is 60.5 Å². The third kappa shape index (κ3) is 4.51. The standard InChI is InChI=1S/C20H21N3OS/c1-15-4-9-18(25-2)12-19(15)20(24)21-13-16-5-7-17(8-6-16)14-23-11-3-10-22-23/h3-12H,13-14H2,1-2H3,(H,21,24). The molecule has 0 radical (unpaired) electrons. The van der Waals surface area contributed by atoms with Crippen LogP contribution in [0.4, 0.5) is 0 Å². The quantitative estimate of drug-likeness (QED) is 0.685. The summed E-state index contributed by atoms with van der Waals surface area (Å²) in [6.07, 6.45) is 5.73. The second-order valence-electron chi connectivity index (χ2n) is 5.88. The summed E-state index contributed by atoms with van der Waals surface area (Å²) in [5.74, 6) is -0.0333. The summed E-state index contributed by atoms with van der Waals surface area (Å²) in [5, 5.41) is 7.21. The van der Waals surface area contributed by atoms with Crippen LogP contribution in [0.15, 0.2) is 65.8 Å². The Labute approximate surface area is 152 Å². The number of rotatable bonds is 6. The van der Waals surface area contributed by atoms with Gasteiger partial charge in [-0.2, -0.15) is 5.10 Å². The number of thioether (sulfide) groups is 1. The van der Waals surface area contributed by atoms with Gasteiger partial charge in [-0.3, -0.25) is 9.48 Å². The Hall–Kier alpha value is -2.53. The van der Waals surface area contributed by atoms with Crippen molar-refractivity contribution in [1.29, 1.82) is 0 Å². The van der Waals surface area contributed by atoms with E-state index in [2.05, 4.69) is 22.5 Å². The lowest BCUT2D eigenvalue weighted by atomic mass is 10.1. The molecule has 0 bridgehead atoms. The lowest BCUT2D eigenvalue weighted by Crippen LogP contribution is -2.23. The average molecular weight is 351 g/mol. The minimum atomic E-state index is -0.0333. The molecule has 1 aromatic heterocycles. The second kappa shape index (κ2) is 8.03. The minimum Gasteiger partial charge on any atom is -0.348 e. The van der Waals surface area contributed by atoms with Gasteiger partial charge >= 0.3 is 0 Å². The van der Waals surface area contributed by atoms with Crippen molar-refractivity contribution in [3.8, 4) is 0 Å². The molecule has 5 heteroatoms. The van der Waals surface area contributed by atoms with Gasteiger partial charge in [0.15, 0.2) is 0 Å². The van der Waals surface area contributed by atoms with Gasteiger partial charge in [0.05, 0.1) is 6.54 Å². The lowest BCUT2D eigenvalue weighted by molar-refractivity contribution is 0.0950. The number of nitrogens with one attached hydrogen (secondary N) is 1. The molecule has 0 unspecified atom stereocenters. The molecule has 0 saturated heterocycles. The SMILES string of the molecule is CSc1ccc(C)c(C(=O)NCc2ccc(Cn3cccn3)cc2)c1. The molecule has 1 amide bonds. The summed E-state index contributed by atoms with van der Waals surface area (Å²) in [4.78, 5) is 13.5. The van der Waals surface area contributed by atoms with Crippen LogP contribution in [0.1, 0.15) is 27.0 Å². The van der Waals surface area contributed by atoms with Crippen LogP contribution in [0.25, 0.3) is 0 Å². The molecule has 2 aromatic carbocycles. The summed E-state index contributed by atoms with van der Waals surface area (Å²) in [5.41, 5.74) is 3.99. The second-order valence-corrected chi connectivity index (χ2v) is 6.76. The molecule has 25 heavy (non-hydrogen) atoms. The Morgan fingerprint density at radius 3 is 2.60 bits per heavy atom. The Balaban J connectivity index is 1.60. The van der Waals surface area contributed by atoms with Crippen LogP contribution in [-0.2, 0) is 13.1 Å². The Kier molecular flexibility index (Phi) is 5.56. The van der Waals surface area contributed by atoms with Gasteiger partial charge in [-0.15, -0.1) is 11.8 Å². The molecule has 4 nitrogen and oxygen atoms in total. The van der Waals surface area contributed by atoms with Crippen molar-refractivity contribution in [3.05, 3.63) is 83.2 Å². The van der Waals surface area contributed by atoms with Crippen molar-refractivity contribution in [2.75, 3.05) is 6.26 Å². The highest BCUT2D eigenvalue weighted by atomic mass is 32.2. The normalized spacial score (nSPS) is 10.6. The summed E-state index contributed by atoms with van der Waals surface area (Å²) >= 11 is 1.64. The van der Waals surface area contributed by atoms with Crippen molar-refractivity contribution in [2.45, 2.75) is 24.9 Å². The number of carbonyl (C=O) groups is 1. The van der Waals surface area contributed by atoms with Gasteiger partial charge in [0.2, 0.25) is 0 Å². The summed E-state index contributed by atoms with van der Waals surface area (Å²) < 4.78 is 1.89. The predicted molar refractivity (Wildman–Crippen MR) is 102 cm³/mol. The highest BCUT2D eigenvalue weighted by molar-refractivity contribution is 7.98. The van der Waals surface area contributed by atoms with E-state index in [0.29, 0.717) is 6.54 Å². The molecule has 3 aromatic rings. The van der Waals surface area contributed by atoms with Crippen LogP contribution < -0.4 is 5.32 Å². The zero-order valence-corrected chi connectivity index (χ0v) is 15.2. The fraction of sp³-hybridized carbons (Fsp3) is 0.200. The van der Waals surface area contributed by atoms with E-state index in [1.54, 1.807) is 18.0 Å². The van der Waals surface area contributed by atoms with E-state index >= 15 is 0 Å². The number of aromatic nitrogens is 2. The van der Waals surface area contributed by atoms with Crippen molar-refractivity contribution in [3.63, 3.8) is 0 Å². The van der Waals surface area contributed by atoms with Gasteiger partial charge in [0.1, 0.15) is 0 Å². The molecule has 0 saturated carbocycles. The van der Waals surface area contributed by atoms with Gasteiger partial charge in [0.25, 0.3) is 5.91 Å². The van der Waals surface area contributed by atoms with E-state index in [4.69, 9.17) is 0 Å². The van der Waals surface area contributed by atoms with Crippen molar-refractivity contribution >= 4 is 17.7 Å². The van der Waals surface area contributed by atoms with E-state index < -0.39 is 0 Å². The summed E-state index contributed by atoms with van der Waals surface area (Å²) in [6.45, 7) is 3.23. The maximum atomic E-state index is 12.5. The molecule has 0 fully saturated rings. The van der Waals surface area contributed by atoms with Crippen molar-refractivity contribution in [1.82, 2.24) is 15.1 Å². The molecular weight excluding hydrogens is 330 g/mol. The molecule has 0 spiro atoms. The Morgan fingerprint density at radius 2 is 1.92 bits per heavy atom. The number of aryl methyl sites for hydroxylation is 1. The highest BCUT2D eigenvalue weighted by Gasteiger charge is 2.09. The molecular formula is C20H21N3OS. The topological polar surface area (TPSA) is 46.9 Å². The molecule has 3 rings (SSSR count). The number of carbonyl (C=O) groups excluding carboxylic acids is 1. The molecule has 128 valence electrons. The number of hydrogen-bond donors (Lipinski definition) is 1. The number of benzene rings is 2. The van der Waals surface area contributed by atoms with Gasteiger partial charge in [-0.05, 0) is 48.1 Å². The fourth-order valence-corrected chi connectivity index (χ4v) is 3.03. The van der Waals surface area contributed by atoms with E-state index in [0.717, 1.165) is 28.1 Å². The van der Waals surface area contributed by atoms with Gasteiger partial charge in [0, 0.05) is 29.4 Å². The van der Waals surface area contributed by atoms with Gasteiger partial charge in [-0.25, -0.2) is 0 Å². The Morgan fingerprint density at radius 1 is 1.16 bits per heavy atom. The van der Waals surface area contributed by atoms with Crippen LogP contribution in [0.2, 0.25) is 0 Å². The molecule has 0 atom stereocenters. The van der Waals surface area contributed by atoms with Gasteiger partial charge < -0.3 is 5.32 Å². The first kappa shape index (κ1) is 17.3. The number of amides is 1. The van der Waals surface area contributed by atoms with Crippen molar-refractivity contribution < 1.29 is 4.79 Å². The van der Waals surface area contributed by atoms with Crippen LogP contribution >= 0.6 is 11.8 Å². The maximum absolute atomic E-state index is 12.5. The zero-order chi connectivity index (χ0) is 17.6. The van der Waals surface area contributed by atoms with E-state index in [1.165, 1.54) is 5.56 Å². The number of hydrogen-bond acceptors (Lipinski definition) is 3. The smallest absolute Gasteiger partial charge is 0.251 e. The molecule has 0 aliphatic rings. The average Bonchev–Trinajstić information content (AvgIpc) is 3.14. The van der Waals surface area contributed by atoms with Crippen LogP contribution in [-0.4, -0.2) is 21.9 Å². The molecule has 0 aliphatic heterocycles. The summed E-state index contributed by atoms with van der Waals surface area (Å²) in [6, 6.07) is 16.1. The number of nitrogens with zero attached hydrogens (tertiary/aromatic N) is 2. The van der Waals surface area contributed by atoms with Crippen LogP contribution in [0.3, 0.4) is 0 Å².